The molecule has 1 amide bonds. The van der Waals surface area contributed by atoms with Gasteiger partial charge >= 0.3 is 12.1 Å². The molecule has 3 fully saturated rings. The van der Waals surface area contributed by atoms with Crippen molar-refractivity contribution in [2.75, 3.05) is 7.05 Å². The van der Waals surface area contributed by atoms with Crippen molar-refractivity contribution in [3.05, 3.63) is 24.0 Å². The molecule has 2 atom stereocenters. The Labute approximate surface area is 220 Å². The maximum Gasteiger partial charge on any atom is 0.410 e. The van der Waals surface area contributed by atoms with Crippen molar-refractivity contribution in [1.82, 2.24) is 24.9 Å². The average Bonchev–Trinajstić information content (AvgIpc) is 3.81. The van der Waals surface area contributed by atoms with Crippen LogP contribution in [0.15, 0.2) is 18.3 Å². The van der Waals surface area contributed by atoms with Gasteiger partial charge in [-0.1, -0.05) is 5.21 Å². The molecular formula is C24H31N5O5S2. The first-order valence-electron chi connectivity index (χ1n) is 12.2. The van der Waals surface area contributed by atoms with E-state index in [0.29, 0.717) is 41.6 Å². The van der Waals surface area contributed by atoms with E-state index in [1.54, 1.807) is 35.0 Å². The highest BCUT2D eigenvalue weighted by Gasteiger charge is 2.58. The number of hydrogen-bond acceptors (Lipinski definition) is 9. The highest BCUT2D eigenvalue weighted by atomic mass is 32.8. The number of carbonyl (C=O) groups excluding carboxylic acids is 1. The van der Waals surface area contributed by atoms with Crippen LogP contribution >= 0.6 is 0 Å². The van der Waals surface area contributed by atoms with Crippen LogP contribution in [0.1, 0.15) is 57.1 Å². The first-order chi connectivity index (χ1) is 17.4. The van der Waals surface area contributed by atoms with Crippen LogP contribution < -0.4 is 4.74 Å². The molecule has 0 radical (unpaired) electrons. The van der Waals surface area contributed by atoms with E-state index in [1.165, 1.54) is 12.8 Å². The predicted octanol–water partition coefficient (Wildman–Crippen LogP) is 3.41. The molecule has 0 aliphatic heterocycles. The molecule has 0 spiro atoms. The summed E-state index contributed by atoms with van der Waals surface area (Å²) in [5, 5.41) is 17.6. The predicted molar refractivity (Wildman–Crippen MR) is 136 cm³/mol. The minimum atomic E-state index is -0.760. The van der Waals surface area contributed by atoms with E-state index in [1.807, 2.05) is 7.05 Å². The zero-order valence-electron chi connectivity index (χ0n) is 20.5. The third kappa shape index (κ3) is 5.64. The van der Waals surface area contributed by atoms with Gasteiger partial charge in [0.1, 0.15) is 23.7 Å². The number of amides is 1. The molecule has 12 heteroatoms. The number of aliphatic carboxylic acids is 1. The quantitative estimate of drug-likeness (QED) is 0.540. The van der Waals surface area contributed by atoms with E-state index >= 15 is 0 Å². The standard InChI is InChI=1S/C24H31N5O5.S2/c1-28(24(10-11-24)16-6-7-16)23(32)33-14-20-21(26-27-29(20)2)19-9-8-18(13-25-19)34-17-5-3-4-15(12-17)22(30)31;1-2/h8-9,13,15-17H,3-7,10-12,14H2,1-2H3,(H,30,31);/t15-,17-;/m0./s1. The van der Waals surface area contributed by atoms with Gasteiger partial charge in [-0.3, -0.25) is 9.78 Å². The summed E-state index contributed by atoms with van der Waals surface area (Å²) in [6, 6.07) is 3.60. The number of rotatable bonds is 8. The molecule has 3 aliphatic rings. The molecule has 2 heterocycles. The molecular weight excluding hydrogens is 502 g/mol. The molecule has 2 aromatic rings. The highest BCUT2D eigenvalue weighted by molar-refractivity contribution is 8.07. The summed E-state index contributed by atoms with van der Waals surface area (Å²) in [6.45, 7) is 0.0569. The van der Waals surface area contributed by atoms with Gasteiger partial charge in [-0.15, -0.1) is 5.10 Å². The van der Waals surface area contributed by atoms with Gasteiger partial charge in [0, 0.05) is 42.0 Å². The molecule has 3 aliphatic carbocycles. The van der Waals surface area contributed by atoms with Crippen molar-refractivity contribution < 1.29 is 24.2 Å². The molecule has 0 saturated heterocycles. The third-order valence-electron chi connectivity index (χ3n) is 7.57. The molecule has 0 aromatic carbocycles. The monoisotopic (exact) mass is 533 g/mol. The van der Waals surface area contributed by atoms with E-state index in [2.05, 4.69) is 37.7 Å². The molecule has 1 N–H and O–H groups in total. The molecule has 36 heavy (non-hydrogen) atoms. The minimum absolute atomic E-state index is 0.00479. The lowest BCUT2D eigenvalue weighted by molar-refractivity contribution is -0.143. The van der Waals surface area contributed by atoms with E-state index in [-0.39, 0.29) is 30.3 Å². The van der Waals surface area contributed by atoms with Gasteiger partial charge in [0.15, 0.2) is 0 Å². The Balaban J connectivity index is 0.00000148. The van der Waals surface area contributed by atoms with Crippen LogP contribution in [0.25, 0.3) is 11.4 Å². The van der Waals surface area contributed by atoms with Gasteiger partial charge < -0.3 is 19.5 Å². The van der Waals surface area contributed by atoms with Crippen molar-refractivity contribution in [2.45, 2.75) is 69.6 Å². The van der Waals surface area contributed by atoms with Crippen molar-refractivity contribution in [3.63, 3.8) is 0 Å². The number of nitrogens with zero attached hydrogens (tertiary/aromatic N) is 5. The van der Waals surface area contributed by atoms with E-state index in [4.69, 9.17) is 9.47 Å². The minimum Gasteiger partial charge on any atom is -0.489 e. The van der Waals surface area contributed by atoms with Gasteiger partial charge in [-0.05, 0) is 69.4 Å². The third-order valence-corrected chi connectivity index (χ3v) is 7.57. The van der Waals surface area contributed by atoms with Gasteiger partial charge in [0.05, 0.1) is 23.9 Å². The van der Waals surface area contributed by atoms with Gasteiger partial charge in [-0.2, -0.15) is 0 Å². The van der Waals surface area contributed by atoms with Crippen LogP contribution in [-0.4, -0.2) is 60.7 Å². The van der Waals surface area contributed by atoms with Crippen LogP contribution in [0.5, 0.6) is 5.75 Å². The lowest BCUT2D eigenvalue weighted by Gasteiger charge is -2.27. The maximum atomic E-state index is 12.7. The number of pyridine rings is 1. The van der Waals surface area contributed by atoms with Gasteiger partial charge in [0.25, 0.3) is 0 Å². The fraction of sp³-hybridized carbons (Fsp3) is 0.625. The summed E-state index contributed by atoms with van der Waals surface area (Å²) >= 11 is 7.33. The maximum absolute atomic E-state index is 12.7. The number of carbonyl (C=O) groups is 2. The average molecular weight is 534 g/mol. The normalized spacial score (nSPS) is 22.1. The van der Waals surface area contributed by atoms with Crippen LogP contribution in [0.3, 0.4) is 0 Å². The lowest BCUT2D eigenvalue weighted by atomic mass is 9.87. The topological polar surface area (TPSA) is 120 Å². The summed E-state index contributed by atoms with van der Waals surface area (Å²) in [5.74, 6) is 0.0956. The van der Waals surface area contributed by atoms with Crippen LogP contribution in [0, 0.1) is 11.8 Å². The molecule has 3 saturated carbocycles. The Morgan fingerprint density at radius 3 is 2.58 bits per heavy atom. The van der Waals surface area contributed by atoms with Gasteiger partial charge in [0.2, 0.25) is 0 Å². The van der Waals surface area contributed by atoms with Gasteiger partial charge in [-0.25, -0.2) is 9.48 Å². The molecule has 194 valence electrons. The summed E-state index contributed by atoms with van der Waals surface area (Å²) < 4.78 is 13.2. The SMILES string of the molecule is CN(C(=O)OCc1c(-c2ccc(O[C@H]3CCC[C@H](C(=O)O)C3)cn2)nnn1C)C1(C2CC2)CC1.S=S. The molecule has 0 unspecified atom stereocenters. The molecule has 10 nitrogen and oxygen atoms in total. The fourth-order valence-corrected chi connectivity index (χ4v) is 5.17. The Morgan fingerprint density at radius 1 is 1.22 bits per heavy atom. The summed E-state index contributed by atoms with van der Waals surface area (Å²) in [7, 11) is 3.59. The zero-order valence-corrected chi connectivity index (χ0v) is 22.1. The first-order valence-corrected chi connectivity index (χ1v) is 13.5. The Bertz CT molecular complexity index is 1090. The zero-order chi connectivity index (χ0) is 25.9. The molecule has 5 rings (SSSR count). The molecule has 2 aromatic heterocycles. The number of carboxylic acids is 1. The summed E-state index contributed by atoms with van der Waals surface area (Å²) in [6.07, 6.45) is 8.54. The van der Waals surface area contributed by atoms with E-state index in [0.717, 1.165) is 25.7 Å². The van der Waals surface area contributed by atoms with Crippen molar-refractivity contribution in [3.8, 4) is 17.1 Å². The van der Waals surface area contributed by atoms with Crippen LogP contribution in [0.2, 0.25) is 0 Å². The number of carboxylic acid groups (broad SMARTS) is 1. The van der Waals surface area contributed by atoms with E-state index in [9.17, 15) is 14.7 Å². The first kappa shape index (κ1) is 26.3. The Kier molecular flexibility index (Phi) is 8.13. The van der Waals surface area contributed by atoms with Crippen molar-refractivity contribution in [2.24, 2.45) is 18.9 Å². The van der Waals surface area contributed by atoms with Crippen molar-refractivity contribution >= 4 is 34.4 Å². The number of ether oxygens (including phenoxy) is 2. The molecule has 0 bridgehead atoms. The largest absolute Gasteiger partial charge is 0.489 e. The lowest BCUT2D eigenvalue weighted by Crippen LogP contribution is -2.40. The fourth-order valence-electron chi connectivity index (χ4n) is 5.17. The van der Waals surface area contributed by atoms with Crippen LogP contribution in [0.4, 0.5) is 4.79 Å². The number of aromatic nitrogens is 4. The van der Waals surface area contributed by atoms with Crippen LogP contribution in [-0.2, 0) is 45.6 Å². The summed E-state index contributed by atoms with van der Waals surface area (Å²) in [5.41, 5.74) is 1.82. The Hall–Kier alpha value is -2.73. The smallest absolute Gasteiger partial charge is 0.410 e. The highest BCUT2D eigenvalue weighted by Crippen LogP contribution is 2.57. The summed E-state index contributed by atoms with van der Waals surface area (Å²) in [4.78, 5) is 30.2. The second kappa shape index (κ2) is 11.1. The van der Waals surface area contributed by atoms with E-state index < -0.39 is 5.97 Å². The second-order valence-electron chi connectivity index (χ2n) is 9.82. The number of aryl methyl sites for hydroxylation is 1. The second-order valence-corrected chi connectivity index (χ2v) is 9.82. The number of hydrogen-bond donors (Lipinski definition) is 1. The van der Waals surface area contributed by atoms with Crippen molar-refractivity contribution in [1.29, 1.82) is 0 Å². The Morgan fingerprint density at radius 2 is 1.97 bits per heavy atom.